The van der Waals surface area contributed by atoms with Gasteiger partial charge < -0.3 is 15.7 Å². The minimum absolute atomic E-state index is 0.0689. The Labute approximate surface area is 98.8 Å². The number of aromatic hydroxyl groups is 1. The second-order valence-corrected chi connectivity index (χ2v) is 4.20. The van der Waals surface area contributed by atoms with Gasteiger partial charge in [-0.2, -0.15) is 0 Å². The molecule has 3 N–H and O–H groups in total. The van der Waals surface area contributed by atoms with Crippen LogP contribution in [-0.4, -0.2) is 24.1 Å². The van der Waals surface area contributed by atoms with Gasteiger partial charge in [0, 0.05) is 18.3 Å². The molecule has 4 nitrogen and oxygen atoms in total. The van der Waals surface area contributed by atoms with Gasteiger partial charge in [0.2, 0.25) is 5.91 Å². The van der Waals surface area contributed by atoms with E-state index < -0.39 is 11.6 Å². The van der Waals surface area contributed by atoms with Crippen molar-refractivity contribution >= 4 is 11.6 Å². The monoisotopic (exact) mass is 238 g/mol. The molecular formula is C12H15FN2O2. The molecule has 1 aromatic carbocycles. The molecule has 1 aromatic rings. The molecule has 1 heterocycles. The smallest absolute Gasteiger partial charge is 0.228 e. The van der Waals surface area contributed by atoms with E-state index in [1.165, 1.54) is 12.1 Å². The minimum Gasteiger partial charge on any atom is -0.505 e. The van der Waals surface area contributed by atoms with E-state index in [0.29, 0.717) is 12.2 Å². The van der Waals surface area contributed by atoms with Crippen LogP contribution in [-0.2, 0) is 4.79 Å². The highest BCUT2D eigenvalue weighted by Gasteiger charge is 2.20. The number of benzene rings is 1. The van der Waals surface area contributed by atoms with Crippen LogP contribution >= 0.6 is 0 Å². The maximum absolute atomic E-state index is 13.1. The van der Waals surface area contributed by atoms with Crippen molar-refractivity contribution in [2.75, 3.05) is 18.4 Å². The van der Waals surface area contributed by atoms with Crippen molar-refractivity contribution < 1.29 is 14.3 Å². The Hall–Kier alpha value is -1.62. The fraction of sp³-hybridized carbons (Fsp3) is 0.417. The maximum Gasteiger partial charge on any atom is 0.228 e. The molecule has 1 saturated heterocycles. The highest BCUT2D eigenvalue weighted by atomic mass is 19.1. The molecule has 0 spiro atoms. The predicted molar refractivity (Wildman–Crippen MR) is 62.3 cm³/mol. The number of hydrogen-bond donors (Lipinski definition) is 3. The standard InChI is InChI=1S/C12H15FN2O2/c13-10-6-9(3-4-11(10)16)15-12(17)8-2-1-5-14-7-8/h3-4,6,8,14,16H,1-2,5,7H2,(H,15,17). The van der Waals surface area contributed by atoms with Gasteiger partial charge in [-0.3, -0.25) is 4.79 Å². The molecule has 0 bridgehead atoms. The van der Waals surface area contributed by atoms with Crippen molar-refractivity contribution in [3.63, 3.8) is 0 Å². The lowest BCUT2D eigenvalue weighted by atomic mass is 9.99. The molecule has 2 rings (SSSR count). The molecule has 0 saturated carbocycles. The summed E-state index contributed by atoms with van der Waals surface area (Å²) in [6, 6.07) is 3.82. The molecule has 1 unspecified atom stereocenters. The third kappa shape index (κ3) is 2.94. The highest BCUT2D eigenvalue weighted by Crippen LogP contribution is 2.20. The van der Waals surface area contributed by atoms with E-state index in [1.807, 2.05) is 0 Å². The molecule has 5 heteroatoms. The predicted octanol–water partition coefficient (Wildman–Crippen LogP) is 1.47. The first-order valence-electron chi connectivity index (χ1n) is 5.67. The van der Waals surface area contributed by atoms with Gasteiger partial charge in [0.15, 0.2) is 11.6 Å². The van der Waals surface area contributed by atoms with Gasteiger partial charge in [0.25, 0.3) is 0 Å². The van der Waals surface area contributed by atoms with Crippen molar-refractivity contribution in [2.45, 2.75) is 12.8 Å². The van der Waals surface area contributed by atoms with E-state index in [0.717, 1.165) is 25.5 Å². The summed E-state index contributed by atoms with van der Waals surface area (Å²) in [7, 11) is 0. The normalized spacial score (nSPS) is 19.9. The van der Waals surface area contributed by atoms with Crippen LogP contribution in [0.5, 0.6) is 5.75 Å². The van der Waals surface area contributed by atoms with Crippen molar-refractivity contribution in [1.29, 1.82) is 0 Å². The molecular weight excluding hydrogens is 223 g/mol. The van der Waals surface area contributed by atoms with Crippen LogP contribution in [0.4, 0.5) is 10.1 Å². The zero-order valence-electron chi connectivity index (χ0n) is 9.37. The molecule has 0 radical (unpaired) electrons. The number of rotatable bonds is 2. The third-order valence-corrected chi connectivity index (χ3v) is 2.88. The molecule has 1 fully saturated rings. The number of phenols is 1. The van der Waals surface area contributed by atoms with Crippen LogP contribution in [0.3, 0.4) is 0 Å². The van der Waals surface area contributed by atoms with E-state index in [9.17, 15) is 9.18 Å². The Balaban J connectivity index is 1.99. The summed E-state index contributed by atoms with van der Waals surface area (Å²) in [5.74, 6) is -1.32. The number of piperidine rings is 1. The summed E-state index contributed by atoms with van der Waals surface area (Å²) >= 11 is 0. The molecule has 1 amide bonds. The Morgan fingerprint density at radius 1 is 1.53 bits per heavy atom. The molecule has 92 valence electrons. The number of amides is 1. The number of hydrogen-bond acceptors (Lipinski definition) is 3. The first kappa shape index (κ1) is 11.9. The summed E-state index contributed by atoms with van der Waals surface area (Å²) in [6.45, 7) is 1.60. The quantitative estimate of drug-likeness (QED) is 0.684. The lowest BCUT2D eigenvalue weighted by Gasteiger charge is -2.21. The van der Waals surface area contributed by atoms with Gasteiger partial charge in [0.05, 0.1) is 5.92 Å². The lowest BCUT2D eigenvalue weighted by molar-refractivity contribution is -0.120. The van der Waals surface area contributed by atoms with Crippen LogP contribution in [0, 0.1) is 11.7 Å². The van der Waals surface area contributed by atoms with Gasteiger partial charge in [-0.25, -0.2) is 4.39 Å². The van der Waals surface area contributed by atoms with Crippen LogP contribution in [0.2, 0.25) is 0 Å². The Morgan fingerprint density at radius 2 is 2.35 bits per heavy atom. The fourth-order valence-corrected chi connectivity index (χ4v) is 1.90. The molecule has 1 atom stereocenters. The molecule has 0 aromatic heterocycles. The molecule has 1 aliphatic rings. The largest absolute Gasteiger partial charge is 0.505 e. The Morgan fingerprint density at radius 3 is 3.00 bits per heavy atom. The second-order valence-electron chi connectivity index (χ2n) is 4.20. The SMILES string of the molecule is O=C(Nc1ccc(O)c(F)c1)C1CCCNC1. The van der Waals surface area contributed by atoms with E-state index in [4.69, 9.17) is 5.11 Å². The van der Waals surface area contributed by atoms with Crippen molar-refractivity contribution in [1.82, 2.24) is 5.32 Å². The van der Waals surface area contributed by atoms with E-state index in [1.54, 1.807) is 0 Å². The van der Waals surface area contributed by atoms with Gasteiger partial charge in [0.1, 0.15) is 0 Å². The van der Waals surface area contributed by atoms with Crippen molar-refractivity contribution in [3.05, 3.63) is 24.0 Å². The molecule has 0 aliphatic carbocycles. The first-order valence-corrected chi connectivity index (χ1v) is 5.67. The lowest BCUT2D eigenvalue weighted by Crippen LogP contribution is -2.37. The topological polar surface area (TPSA) is 61.4 Å². The summed E-state index contributed by atoms with van der Waals surface area (Å²) < 4.78 is 13.1. The zero-order valence-corrected chi connectivity index (χ0v) is 9.37. The van der Waals surface area contributed by atoms with Crippen LogP contribution in [0.1, 0.15) is 12.8 Å². The Bertz CT molecular complexity index is 417. The number of nitrogens with one attached hydrogen (secondary N) is 2. The van der Waals surface area contributed by atoms with E-state index in [2.05, 4.69) is 10.6 Å². The van der Waals surface area contributed by atoms with Gasteiger partial charge in [-0.05, 0) is 31.5 Å². The average molecular weight is 238 g/mol. The van der Waals surface area contributed by atoms with Gasteiger partial charge >= 0.3 is 0 Å². The van der Waals surface area contributed by atoms with Crippen molar-refractivity contribution in [2.24, 2.45) is 5.92 Å². The molecule has 17 heavy (non-hydrogen) atoms. The number of carbonyl (C=O) groups excluding carboxylic acids is 1. The van der Waals surface area contributed by atoms with Gasteiger partial charge in [-0.1, -0.05) is 0 Å². The molecule has 1 aliphatic heterocycles. The number of halogens is 1. The van der Waals surface area contributed by atoms with Crippen LogP contribution in [0.15, 0.2) is 18.2 Å². The summed E-state index contributed by atoms with van der Waals surface area (Å²) in [5, 5.41) is 14.8. The minimum atomic E-state index is -0.732. The van der Waals surface area contributed by atoms with Crippen molar-refractivity contribution in [3.8, 4) is 5.75 Å². The highest BCUT2D eigenvalue weighted by molar-refractivity contribution is 5.92. The number of phenolic OH excluding ortho intramolecular Hbond substituents is 1. The van der Waals surface area contributed by atoms with Gasteiger partial charge in [-0.15, -0.1) is 0 Å². The van der Waals surface area contributed by atoms with Crippen LogP contribution in [0.25, 0.3) is 0 Å². The zero-order chi connectivity index (χ0) is 12.3. The second kappa shape index (κ2) is 5.14. The fourth-order valence-electron chi connectivity index (χ4n) is 1.90. The van der Waals surface area contributed by atoms with E-state index in [-0.39, 0.29) is 11.8 Å². The van der Waals surface area contributed by atoms with Crippen LogP contribution < -0.4 is 10.6 Å². The number of anilines is 1. The third-order valence-electron chi connectivity index (χ3n) is 2.88. The summed E-state index contributed by atoms with van der Waals surface area (Å²) in [5.41, 5.74) is 0.371. The first-order chi connectivity index (χ1) is 8.16. The average Bonchev–Trinajstić information content (AvgIpc) is 2.35. The summed E-state index contributed by atoms with van der Waals surface area (Å²) in [4.78, 5) is 11.8. The maximum atomic E-state index is 13.1. The summed E-state index contributed by atoms with van der Waals surface area (Å²) in [6.07, 6.45) is 1.82. The Kier molecular flexibility index (Phi) is 3.58. The van der Waals surface area contributed by atoms with E-state index >= 15 is 0 Å². The number of carbonyl (C=O) groups is 1.